The van der Waals surface area contributed by atoms with Gasteiger partial charge in [-0.25, -0.2) is 4.98 Å². The van der Waals surface area contributed by atoms with Gasteiger partial charge in [0.1, 0.15) is 0 Å². The summed E-state index contributed by atoms with van der Waals surface area (Å²) in [5.41, 5.74) is 3.66. The van der Waals surface area contributed by atoms with Crippen molar-refractivity contribution in [3.8, 4) is 0 Å². The zero-order chi connectivity index (χ0) is 17.3. The summed E-state index contributed by atoms with van der Waals surface area (Å²) >= 11 is 1.54. The number of rotatable bonds is 4. The van der Waals surface area contributed by atoms with Crippen LogP contribution in [0.4, 0.5) is 0 Å². The molecular formula is C18H21N3O2S. The first kappa shape index (κ1) is 16.8. The third-order valence-electron chi connectivity index (χ3n) is 4.35. The van der Waals surface area contributed by atoms with E-state index in [1.807, 2.05) is 38.1 Å². The van der Waals surface area contributed by atoms with Gasteiger partial charge >= 0.3 is 0 Å². The molecule has 0 saturated carbocycles. The first-order valence-electron chi connectivity index (χ1n) is 8.00. The maximum absolute atomic E-state index is 12.5. The lowest BCUT2D eigenvalue weighted by molar-refractivity contribution is -0.121. The first-order valence-corrected chi connectivity index (χ1v) is 8.99. The second-order valence-electron chi connectivity index (χ2n) is 6.21. The fraction of sp³-hybridized carbons (Fsp3) is 0.389. The molecule has 1 aromatic heterocycles. The zero-order valence-electron chi connectivity index (χ0n) is 14.1. The van der Waals surface area contributed by atoms with E-state index in [1.54, 1.807) is 23.3 Å². The molecule has 1 N–H and O–H groups in total. The average Bonchev–Trinajstić information content (AvgIpc) is 2.94. The minimum absolute atomic E-state index is 0.0289. The summed E-state index contributed by atoms with van der Waals surface area (Å²) in [6, 6.07) is 7.96. The van der Waals surface area contributed by atoms with Crippen LogP contribution in [-0.2, 0) is 11.3 Å². The van der Waals surface area contributed by atoms with Gasteiger partial charge in [-0.2, -0.15) is 0 Å². The Bertz CT molecular complexity index is 827. The normalized spacial score (nSPS) is 16.0. The van der Waals surface area contributed by atoms with Crippen molar-refractivity contribution in [1.82, 2.24) is 14.9 Å². The second kappa shape index (κ2) is 6.81. The number of thioether (sulfide) groups is 1. The molecule has 0 radical (unpaired) electrons. The van der Waals surface area contributed by atoms with Crippen LogP contribution >= 0.6 is 11.8 Å². The predicted octanol–water partition coefficient (Wildman–Crippen LogP) is 2.52. The largest absolute Gasteiger partial charge is 0.352 e. The van der Waals surface area contributed by atoms with Crippen LogP contribution in [0.1, 0.15) is 34.8 Å². The fourth-order valence-corrected chi connectivity index (χ4v) is 3.90. The van der Waals surface area contributed by atoms with Crippen LogP contribution < -0.4 is 10.9 Å². The highest BCUT2D eigenvalue weighted by Crippen LogP contribution is 2.32. The summed E-state index contributed by atoms with van der Waals surface area (Å²) in [5.74, 6) is 0.669. The summed E-state index contributed by atoms with van der Waals surface area (Å²) in [7, 11) is 0. The van der Waals surface area contributed by atoms with E-state index in [2.05, 4.69) is 10.3 Å². The molecule has 1 aliphatic rings. The lowest BCUT2D eigenvalue weighted by atomic mass is 10.1. The molecule has 2 heterocycles. The van der Waals surface area contributed by atoms with Crippen molar-refractivity contribution in [2.45, 2.75) is 44.9 Å². The number of aryl methyl sites for hydroxylation is 2. The van der Waals surface area contributed by atoms with Crippen LogP contribution in [0.2, 0.25) is 0 Å². The van der Waals surface area contributed by atoms with E-state index < -0.39 is 0 Å². The molecule has 0 saturated heterocycles. The molecule has 1 atom stereocenters. The van der Waals surface area contributed by atoms with Crippen molar-refractivity contribution in [2.75, 3.05) is 5.75 Å². The predicted molar refractivity (Wildman–Crippen MR) is 95.4 cm³/mol. The van der Waals surface area contributed by atoms with E-state index in [9.17, 15) is 9.59 Å². The topological polar surface area (TPSA) is 64.0 Å². The summed E-state index contributed by atoms with van der Waals surface area (Å²) in [6.07, 6.45) is 0.302. The van der Waals surface area contributed by atoms with E-state index >= 15 is 0 Å². The van der Waals surface area contributed by atoms with Crippen LogP contribution in [0, 0.1) is 20.8 Å². The maximum atomic E-state index is 12.5. The Morgan fingerprint density at radius 3 is 2.71 bits per heavy atom. The number of benzene rings is 1. The Labute approximate surface area is 145 Å². The standard InChI is InChI=1S/C18H21N3O2S/c1-11-4-6-14(7-5-11)9-19-16(22)8-15-10-24-18-20-13(3)12(2)17(23)21(15)18/h4-7,15H,8-10H2,1-3H3,(H,19,22). The smallest absolute Gasteiger partial charge is 0.257 e. The quantitative estimate of drug-likeness (QED) is 0.867. The minimum atomic E-state index is -0.123. The molecule has 0 bridgehead atoms. The van der Waals surface area contributed by atoms with Crippen molar-refractivity contribution in [3.63, 3.8) is 0 Å². The highest BCUT2D eigenvalue weighted by atomic mass is 32.2. The number of carbonyl (C=O) groups is 1. The number of hydrogen-bond acceptors (Lipinski definition) is 4. The summed E-state index contributed by atoms with van der Waals surface area (Å²) in [5, 5.41) is 3.66. The zero-order valence-corrected chi connectivity index (χ0v) is 14.9. The lowest BCUT2D eigenvalue weighted by Gasteiger charge is -2.14. The van der Waals surface area contributed by atoms with E-state index in [4.69, 9.17) is 0 Å². The van der Waals surface area contributed by atoms with Crippen molar-refractivity contribution in [3.05, 3.63) is 57.0 Å². The molecule has 0 aliphatic carbocycles. The van der Waals surface area contributed by atoms with Gasteiger partial charge in [0.15, 0.2) is 5.16 Å². The molecule has 1 aliphatic heterocycles. The van der Waals surface area contributed by atoms with Gasteiger partial charge < -0.3 is 5.32 Å². The van der Waals surface area contributed by atoms with Gasteiger partial charge in [-0.05, 0) is 26.3 Å². The second-order valence-corrected chi connectivity index (χ2v) is 7.20. The molecule has 3 rings (SSSR count). The molecular weight excluding hydrogens is 322 g/mol. The number of nitrogens with one attached hydrogen (secondary N) is 1. The first-order chi connectivity index (χ1) is 11.5. The molecule has 6 heteroatoms. The summed E-state index contributed by atoms with van der Waals surface area (Å²) in [6.45, 7) is 6.17. The Hall–Kier alpha value is -2.08. The summed E-state index contributed by atoms with van der Waals surface area (Å²) in [4.78, 5) is 29.2. The number of nitrogens with zero attached hydrogens (tertiary/aromatic N) is 2. The third kappa shape index (κ3) is 3.38. The van der Waals surface area contributed by atoms with E-state index in [0.717, 1.165) is 16.4 Å². The SMILES string of the molecule is Cc1ccc(CNC(=O)CC2CSc3nc(C)c(C)c(=O)n32)cc1. The van der Waals surface area contributed by atoms with Gasteiger partial charge in [-0.3, -0.25) is 14.2 Å². The van der Waals surface area contributed by atoms with Crippen molar-refractivity contribution >= 4 is 17.7 Å². The molecule has 1 aromatic carbocycles. The van der Waals surface area contributed by atoms with Crippen LogP contribution in [-0.4, -0.2) is 21.2 Å². The van der Waals surface area contributed by atoms with Gasteiger partial charge in [0.05, 0.1) is 6.04 Å². The maximum Gasteiger partial charge on any atom is 0.257 e. The Kier molecular flexibility index (Phi) is 4.76. The van der Waals surface area contributed by atoms with Crippen LogP contribution in [0.3, 0.4) is 0 Å². The highest BCUT2D eigenvalue weighted by Gasteiger charge is 2.28. The Morgan fingerprint density at radius 2 is 2.00 bits per heavy atom. The molecule has 0 spiro atoms. The van der Waals surface area contributed by atoms with Gasteiger partial charge in [0.2, 0.25) is 5.91 Å². The molecule has 2 aromatic rings. The van der Waals surface area contributed by atoms with Crippen molar-refractivity contribution in [1.29, 1.82) is 0 Å². The van der Waals surface area contributed by atoms with Crippen molar-refractivity contribution in [2.24, 2.45) is 0 Å². The van der Waals surface area contributed by atoms with Crippen molar-refractivity contribution < 1.29 is 4.79 Å². The Morgan fingerprint density at radius 1 is 1.29 bits per heavy atom. The number of fused-ring (bicyclic) bond motifs is 1. The Balaban J connectivity index is 1.66. The molecule has 5 nitrogen and oxygen atoms in total. The van der Waals surface area contributed by atoms with E-state index in [1.165, 1.54) is 5.56 Å². The number of aromatic nitrogens is 2. The van der Waals surface area contributed by atoms with E-state index in [0.29, 0.717) is 24.3 Å². The number of carbonyl (C=O) groups excluding carboxylic acids is 1. The fourth-order valence-electron chi connectivity index (χ4n) is 2.72. The van der Waals surface area contributed by atoms with Crippen LogP contribution in [0.15, 0.2) is 34.2 Å². The molecule has 0 fully saturated rings. The van der Waals surface area contributed by atoms with Crippen LogP contribution in [0.25, 0.3) is 0 Å². The summed E-state index contributed by atoms with van der Waals surface area (Å²) < 4.78 is 1.68. The number of amides is 1. The molecule has 1 unspecified atom stereocenters. The lowest BCUT2D eigenvalue weighted by Crippen LogP contribution is -2.31. The molecule has 126 valence electrons. The van der Waals surface area contributed by atoms with Gasteiger partial charge in [-0.15, -0.1) is 0 Å². The molecule has 1 amide bonds. The minimum Gasteiger partial charge on any atom is -0.352 e. The average molecular weight is 343 g/mol. The highest BCUT2D eigenvalue weighted by molar-refractivity contribution is 7.99. The third-order valence-corrected chi connectivity index (χ3v) is 5.45. The molecule has 24 heavy (non-hydrogen) atoms. The van der Waals surface area contributed by atoms with Gasteiger partial charge in [0.25, 0.3) is 5.56 Å². The van der Waals surface area contributed by atoms with Crippen LogP contribution in [0.5, 0.6) is 0 Å². The van der Waals surface area contributed by atoms with Gasteiger partial charge in [-0.1, -0.05) is 41.6 Å². The van der Waals surface area contributed by atoms with E-state index in [-0.39, 0.29) is 17.5 Å². The van der Waals surface area contributed by atoms with Gasteiger partial charge in [0, 0.05) is 30.0 Å². The number of hydrogen-bond donors (Lipinski definition) is 1. The monoisotopic (exact) mass is 343 g/mol.